The number of ether oxygens (including phenoxy) is 2. The molecule has 1 amide bonds. The Bertz CT molecular complexity index is 246. The first-order valence-electron chi connectivity index (χ1n) is 6.13. The van der Waals surface area contributed by atoms with E-state index in [1.807, 2.05) is 4.90 Å². The maximum atomic E-state index is 11.8. The van der Waals surface area contributed by atoms with Crippen LogP contribution in [0.1, 0.15) is 20.3 Å². The molecule has 0 spiro atoms. The predicted octanol–water partition coefficient (Wildman–Crippen LogP) is 0.452. The maximum Gasteiger partial charge on any atom is 0.237 e. The molecule has 2 atom stereocenters. The zero-order valence-corrected chi connectivity index (χ0v) is 11.2. The molecule has 0 aliphatic carbocycles. The van der Waals surface area contributed by atoms with E-state index in [2.05, 4.69) is 19.2 Å². The van der Waals surface area contributed by atoms with Gasteiger partial charge in [0.2, 0.25) is 5.91 Å². The van der Waals surface area contributed by atoms with Gasteiger partial charge in [0.05, 0.1) is 32.0 Å². The lowest BCUT2D eigenvalue weighted by molar-refractivity contribution is -0.130. The van der Waals surface area contributed by atoms with Crippen molar-refractivity contribution in [2.24, 2.45) is 5.92 Å². The van der Waals surface area contributed by atoms with Crippen LogP contribution in [0.5, 0.6) is 0 Å². The van der Waals surface area contributed by atoms with E-state index in [4.69, 9.17) is 9.47 Å². The molecule has 1 saturated heterocycles. The molecule has 0 radical (unpaired) electrons. The predicted molar refractivity (Wildman–Crippen MR) is 65.6 cm³/mol. The molecule has 0 aromatic heterocycles. The Morgan fingerprint density at radius 3 is 2.71 bits per heavy atom. The Hall–Kier alpha value is -0.650. The average molecular weight is 244 g/mol. The van der Waals surface area contributed by atoms with Gasteiger partial charge in [-0.3, -0.25) is 10.1 Å². The van der Waals surface area contributed by atoms with E-state index in [1.54, 1.807) is 14.2 Å². The number of carbonyl (C=O) groups is 1. The first-order chi connectivity index (χ1) is 8.08. The number of hydrogen-bond donors (Lipinski definition) is 1. The van der Waals surface area contributed by atoms with Crippen molar-refractivity contribution < 1.29 is 14.3 Å². The van der Waals surface area contributed by atoms with E-state index < -0.39 is 0 Å². The zero-order valence-electron chi connectivity index (χ0n) is 11.2. The molecule has 0 aromatic carbocycles. The summed E-state index contributed by atoms with van der Waals surface area (Å²) in [7, 11) is 3.29. The average Bonchev–Trinajstić information content (AvgIpc) is 2.59. The minimum absolute atomic E-state index is 0.0569. The zero-order chi connectivity index (χ0) is 12.8. The summed E-state index contributed by atoms with van der Waals surface area (Å²) in [6.45, 7) is 5.85. The van der Waals surface area contributed by atoms with Gasteiger partial charge in [-0.05, 0) is 12.3 Å². The standard InChI is InChI=1S/C12H24N2O3/c1-9(2)5-11-13-6-12(15)14(11)7-10(17-4)8-16-3/h9-11,13H,5-8H2,1-4H3. The minimum atomic E-state index is -0.0569. The van der Waals surface area contributed by atoms with Crippen LogP contribution in [-0.2, 0) is 14.3 Å². The van der Waals surface area contributed by atoms with Gasteiger partial charge in [-0.2, -0.15) is 0 Å². The first-order valence-corrected chi connectivity index (χ1v) is 6.13. The number of nitrogens with one attached hydrogen (secondary N) is 1. The Balaban J connectivity index is 2.54. The summed E-state index contributed by atoms with van der Waals surface area (Å²) < 4.78 is 10.4. The van der Waals surface area contributed by atoms with Crippen LogP contribution >= 0.6 is 0 Å². The molecular formula is C12H24N2O3. The van der Waals surface area contributed by atoms with Crippen molar-refractivity contribution in [3.63, 3.8) is 0 Å². The van der Waals surface area contributed by atoms with Crippen molar-refractivity contribution in [2.45, 2.75) is 32.5 Å². The molecule has 0 bridgehead atoms. The van der Waals surface area contributed by atoms with Gasteiger partial charge < -0.3 is 14.4 Å². The summed E-state index contributed by atoms with van der Waals surface area (Å²) in [6.07, 6.45) is 1.05. The summed E-state index contributed by atoms with van der Waals surface area (Å²) in [5, 5.41) is 3.24. The van der Waals surface area contributed by atoms with E-state index >= 15 is 0 Å². The van der Waals surface area contributed by atoms with Crippen LogP contribution in [0.2, 0.25) is 0 Å². The summed E-state index contributed by atoms with van der Waals surface area (Å²) in [6, 6.07) is 0. The number of carbonyl (C=O) groups excluding carboxylic acids is 1. The van der Waals surface area contributed by atoms with Crippen LogP contribution in [-0.4, -0.2) is 57.0 Å². The number of methoxy groups -OCH3 is 2. The molecule has 17 heavy (non-hydrogen) atoms. The third-order valence-corrected chi connectivity index (χ3v) is 2.97. The molecule has 100 valence electrons. The Morgan fingerprint density at radius 2 is 2.18 bits per heavy atom. The molecule has 1 aliphatic rings. The van der Waals surface area contributed by atoms with Crippen LogP contribution in [0.4, 0.5) is 0 Å². The van der Waals surface area contributed by atoms with Crippen LogP contribution in [0.25, 0.3) is 0 Å². The maximum absolute atomic E-state index is 11.8. The number of hydrogen-bond acceptors (Lipinski definition) is 4. The van der Waals surface area contributed by atoms with Crippen LogP contribution in [0.3, 0.4) is 0 Å². The molecule has 1 heterocycles. The Labute approximate surface area is 103 Å². The molecule has 2 unspecified atom stereocenters. The molecule has 1 rings (SSSR count). The normalized spacial score (nSPS) is 22.5. The summed E-state index contributed by atoms with van der Waals surface area (Å²) >= 11 is 0. The SMILES string of the molecule is COCC(CN1C(=O)CNC1CC(C)C)OC. The fourth-order valence-corrected chi connectivity index (χ4v) is 2.08. The first kappa shape index (κ1) is 14.4. The van der Waals surface area contributed by atoms with Gasteiger partial charge in [0, 0.05) is 14.2 Å². The van der Waals surface area contributed by atoms with E-state index in [1.165, 1.54) is 0 Å². The molecule has 1 N–H and O–H groups in total. The number of rotatable bonds is 7. The number of amides is 1. The summed E-state index contributed by atoms with van der Waals surface area (Å²) in [5.74, 6) is 0.707. The van der Waals surface area contributed by atoms with Gasteiger partial charge in [0.15, 0.2) is 0 Å². The highest BCUT2D eigenvalue weighted by molar-refractivity contribution is 5.80. The van der Waals surface area contributed by atoms with Crippen molar-refractivity contribution in [3.05, 3.63) is 0 Å². The van der Waals surface area contributed by atoms with Crippen molar-refractivity contribution in [1.29, 1.82) is 0 Å². The fourth-order valence-electron chi connectivity index (χ4n) is 2.08. The molecule has 1 aliphatic heterocycles. The molecule has 5 heteroatoms. The van der Waals surface area contributed by atoms with Gasteiger partial charge >= 0.3 is 0 Å². The molecule has 0 aromatic rings. The quantitative estimate of drug-likeness (QED) is 0.706. The van der Waals surface area contributed by atoms with Gasteiger partial charge in [0.25, 0.3) is 0 Å². The number of nitrogens with zero attached hydrogens (tertiary/aromatic N) is 1. The van der Waals surface area contributed by atoms with Gasteiger partial charge in [-0.15, -0.1) is 0 Å². The lowest BCUT2D eigenvalue weighted by atomic mass is 10.1. The Kier molecular flexibility index (Phi) is 5.88. The van der Waals surface area contributed by atoms with E-state index in [0.29, 0.717) is 25.6 Å². The highest BCUT2D eigenvalue weighted by Gasteiger charge is 2.32. The van der Waals surface area contributed by atoms with E-state index in [0.717, 1.165) is 6.42 Å². The van der Waals surface area contributed by atoms with Crippen molar-refractivity contribution in [2.75, 3.05) is 33.9 Å². The summed E-state index contributed by atoms with van der Waals surface area (Å²) in [5.41, 5.74) is 0. The van der Waals surface area contributed by atoms with Crippen molar-refractivity contribution >= 4 is 5.91 Å². The smallest absolute Gasteiger partial charge is 0.237 e. The van der Waals surface area contributed by atoms with Crippen molar-refractivity contribution in [1.82, 2.24) is 10.2 Å². The molecule has 0 saturated carbocycles. The van der Waals surface area contributed by atoms with Gasteiger partial charge in [-0.1, -0.05) is 13.8 Å². The molecular weight excluding hydrogens is 220 g/mol. The van der Waals surface area contributed by atoms with Crippen LogP contribution < -0.4 is 5.32 Å². The van der Waals surface area contributed by atoms with E-state index in [-0.39, 0.29) is 18.2 Å². The van der Waals surface area contributed by atoms with E-state index in [9.17, 15) is 4.79 Å². The summed E-state index contributed by atoms with van der Waals surface area (Å²) in [4.78, 5) is 13.7. The fraction of sp³-hybridized carbons (Fsp3) is 0.917. The minimum Gasteiger partial charge on any atom is -0.382 e. The molecule has 1 fully saturated rings. The third-order valence-electron chi connectivity index (χ3n) is 2.97. The van der Waals surface area contributed by atoms with Crippen LogP contribution in [0, 0.1) is 5.92 Å². The van der Waals surface area contributed by atoms with Gasteiger partial charge in [0.1, 0.15) is 0 Å². The lowest BCUT2D eigenvalue weighted by Crippen LogP contribution is -2.44. The van der Waals surface area contributed by atoms with Crippen molar-refractivity contribution in [3.8, 4) is 0 Å². The second-order valence-corrected chi connectivity index (χ2v) is 4.89. The Morgan fingerprint density at radius 1 is 1.47 bits per heavy atom. The highest BCUT2D eigenvalue weighted by Crippen LogP contribution is 2.15. The van der Waals surface area contributed by atoms with Gasteiger partial charge in [-0.25, -0.2) is 0 Å². The second kappa shape index (κ2) is 6.93. The lowest BCUT2D eigenvalue weighted by Gasteiger charge is -2.28. The third kappa shape index (κ3) is 4.26. The topological polar surface area (TPSA) is 50.8 Å². The van der Waals surface area contributed by atoms with Crippen LogP contribution in [0.15, 0.2) is 0 Å². The second-order valence-electron chi connectivity index (χ2n) is 4.89. The highest BCUT2D eigenvalue weighted by atomic mass is 16.5. The molecule has 5 nitrogen and oxygen atoms in total. The monoisotopic (exact) mass is 244 g/mol. The largest absolute Gasteiger partial charge is 0.382 e.